The molecule has 0 aromatic carbocycles. The Morgan fingerprint density at radius 3 is 2.27 bits per heavy atom. The summed E-state index contributed by atoms with van der Waals surface area (Å²) >= 11 is 0. The van der Waals surface area contributed by atoms with Gasteiger partial charge in [0.1, 0.15) is 18.3 Å². The van der Waals surface area contributed by atoms with Gasteiger partial charge in [0.15, 0.2) is 18.7 Å². The molecule has 40 heavy (non-hydrogen) atoms. The molecule has 3 heterocycles. The van der Waals surface area contributed by atoms with Gasteiger partial charge in [0, 0.05) is 38.7 Å². The average Bonchev–Trinajstić information content (AvgIpc) is 3.41. The highest BCUT2D eigenvalue weighted by atomic mass is 16.8. The van der Waals surface area contributed by atoms with Crippen LogP contribution in [0.1, 0.15) is 67.2 Å². The number of hydrogen-bond acceptors (Lipinski definition) is 11. The fourth-order valence-electron chi connectivity index (χ4n) is 8.33. The topological polar surface area (TPSA) is 139 Å². The summed E-state index contributed by atoms with van der Waals surface area (Å²) in [6.07, 6.45) is -1.57. The summed E-state index contributed by atoms with van der Waals surface area (Å²) in [5.74, 6) is -2.06. The highest BCUT2D eigenvalue weighted by Crippen LogP contribution is 2.70. The van der Waals surface area contributed by atoms with Crippen LogP contribution in [-0.2, 0) is 47.5 Å². The van der Waals surface area contributed by atoms with Crippen molar-refractivity contribution in [3.8, 4) is 0 Å². The van der Waals surface area contributed by atoms with E-state index in [9.17, 15) is 19.5 Å². The fourth-order valence-corrected chi connectivity index (χ4v) is 8.33. The minimum Gasteiger partial charge on any atom is -0.465 e. The lowest BCUT2D eigenvalue weighted by Gasteiger charge is -2.65. The number of epoxide rings is 1. The van der Waals surface area contributed by atoms with Crippen molar-refractivity contribution in [1.82, 2.24) is 0 Å². The molecule has 11 nitrogen and oxygen atoms in total. The number of methoxy groups -OCH3 is 1. The third-order valence-electron chi connectivity index (χ3n) is 10.6. The zero-order valence-corrected chi connectivity index (χ0v) is 24.5. The van der Waals surface area contributed by atoms with Crippen molar-refractivity contribution in [2.24, 2.45) is 34.5 Å². The molecule has 12 atom stereocenters. The summed E-state index contributed by atoms with van der Waals surface area (Å²) in [7, 11) is 1.62. The first-order chi connectivity index (χ1) is 18.8. The molecule has 2 aliphatic carbocycles. The van der Waals surface area contributed by atoms with Crippen LogP contribution in [0, 0.1) is 34.5 Å². The van der Waals surface area contributed by atoms with Crippen molar-refractivity contribution in [3.05, 3.63) is 0 Å². The van der Waals surface area contributed by atoms with Crippen molar-refractivity contribution in [1.29, 1.82) is 0 Å². The Kier molecular flexibility index (Phi) is 7.78. The van der Waals surface area contributed by atoms with Gasteiger partial charge in [0.05, 0.1) is 30.1 Å². The Labute approximate surface area is 235 Å². The molecule has 3 saturated heterocycles. The second-order valence-electron chi connectivity index (χ2n) is 13.0. The Morgan fingerprint density at radius 1 is 1.02 bits per heavy atom. The molecular formula is C29H44O11. The summed E-state index contributed by atoms with van der Waals surface area (Å²) < 4.78 is 41.9. The first kappa shape index (κ1) is 29.7. The largest absolute Gasteiger partial charge is 0.465 e. The molecular weight excluding hydrogens is 524 g/mol. The van der Waals surface area contributed by atoms with Gasteiger partial charge < -0.3 is 38.3 Å². The number of aliphatic hydroxyl groups excluding tert-OH is 1. The zero-order valence-electron chi connectivity index (χ0n) is 24.5. The molecule has 0 bridgehead atoms. The van der Waals surface area contributed by atoms with Crippen LogP contribution in [0.3, 0.4) is 0 Å². The summed E-state index contributed by atoms with van der Waals surface area (Å²) in [6, 6.07) is 0. The predicted molar refractivity (Wildman–Crippen MR) is 137 cm³/mol. The molecule has 1 spiro atoms. The first-order valence-corrected chi connectivity index (χ1v) is 14.5. The third kappa shape index (κ3) is 4.47. The molecule has 1 N–H and O–H groups in total. The number of carbonyl (C=O) groups excluding carboxylic acids is 3. The van der Waals surface area contributed by atoms with E-state index in [0.717, 1.165) is 12.8 Å². The second-order valence-corrected chi connectivity index (χ2v) is 13.0. The lowest BCUT2D eigenvalue weighted by atomic mass is 9.41. The van der Waals surface area contributed by atoms with Crippen LogP contribution in [-0.4, -0.2) is 85.9 Å². The molecule has 5 rings (SSSR count). The van der Waals surface area contributed by atoms with Crippen LogP contribution < -0.4 is 0 Å². The van der Waals surface area contributed by atoms with E-state index in [0.29, 0.717) is 6.42 Å². The van der Waals surface area contributed by atoms with Crippen molar-refractivity contribution in [3.63, 3.8) is 0 Å². The van der Waals surface area contributed by atoms with Crippen molar-refractivity contribution < 1.29 is 52.6 Å². The summed E-state index contributed by atoms with van der Waals surface area (Å²) in [6.45, 7) is 10.4. The zero-order chi connectivity index (χ0) is 29.2. The molecule has 3 aliphatic heterocycles. The van der Waals surface area contributed by atoms with Gasteiger partial charge in [-0.25, -0.2) is 0 Å². The molecule has 0 aromatic rings. The van der Waals surface area contributed by atoms with E-state index in [2.05, 4.69) is 13.8 Å². The van der Waals surface area contributed by atoms with E-state index in [4.69, 9.17) is 33.2 Å². The maximum Gasteiger partial charge on any atom is 0.308 e. The second kappa shape index (κ2) is 10.5. The summed E-state index contributed by atoms with van der Waals surface area (Å²) in [5, 5.41) is 11.6. The van der Waals surface area contributed by atoms with Crippen molar-refractivity contribution in [2.45, 2.75) is 110 Å². The molecule has 5 fully saturated rings. The van der Waals surface area contributed by atoms with Gasteiger partial charge in [0.25, 0.3) is 0 Å². The molecule has 0 amide bonds. The Hall–Kier alpha value is -1.79. The molecule has 5 aliphatic rings. The number of ether oxygens (including phenoxy) is 7. The maximum atomic E-state index is 12.8. The van der Waals surface area contributed by atoms with Crippen LogP contribution in [0.5, 0.6) is 0 Å². The molecule has 0 radical (unpaired) electrons. The SMILES string of the molecule is CO[C@@H]1C[C@@H]2C[C@@H]([C@@]3(C)[C@H](C)C[C@H](OC(C)=O)[C@]4(COC(C)=O)[C@@H]3C[C@@H](O)[C@H](OC(=O)C(C)C)[C@]43CO3)O[C@@H]2O1. The first-order valence-electron chi connectivity index (χ1n) is 14.5. The van der Waals surface area contributed by atoms with Gasteiger partial charge in [-0.15, -0.1) is 0 Å². The Morgan fingerprint density at radius 2 is 1.73 bits per heavy atom. The fraction of sp³-hybridized carbons (Fsp3) is 0.897. The lowest BCUT2D eigenvalue weighted by Crippen LogP contribution is -2.74. The number of carbonyl (C=O) groups is 3. The van der Waals surface area contributed by atoms with Crippen LogP contribution in [0.15, 0.2) is 0 Å². The highest BCUT2D eigenvalue weighted by Gasteiger charge is 2.81. The smallest absolute Gasteiger partial charge is 0.308 e. The van der Waals surface area contributed by atoms with Crippen molar-refractivity contribution >= 4 is 17.9 Å². The maximum absolute atomic E-state index is 12.8. The number of fused-ring (bicyclic) bond motifs is 3. The van der Waals surface area contributed by atoms with Crippen molar-refractivity contribution in [2.75, 3.05) is 20.3 Å². The van der Waals surface area contributed by atoms with Gasteiger partial charge in [-0.1, -0.05) is 27.7 Å². The highest BCUT2D eigenvalue weighted by molar-refractivity contribution is 5.72. The average molecular weight is 569 g/mol. The molecule has 0 aromatic heterocycles. The van der Waals surface area contributed by atoms with Crippen LogP contribution >= 0.6 is 0 Å². The normalized spacial score (nSPS) is 47.5. The minimum absolute atomic E-state index is 0.00730. The standard InChI is InChI=1S/C29H44O11/c1-14(2)25(33)40-24-19(32)11-20-27(6,21-9-18-10-23(34-7)39-26(18)38-21)15(3)8-22(37-17(5)31)28(20,12-35-16(4)30)29(24)13-36-29/h14-15,18-24,26,32H,8-13H2,1-7H3/t15-,18+,19-,20-,21+,22+,23+,24+,26-,27+,28+,29-/m1/s1. The van der Waals surface area contributed by atoms with Gasteiger partial charge in [-0.3, -0.25) is 14.4 Å². The lowest BCUT2D eigenvalue weighted by molar-refractivity contribution is -0.289. The minimum atomic E-state index is -1.21. The molecule has 0 unspecified atom stereocenters. The van der Waals surface area contributed by atoms with E-state index in [1.165, 1.54) is 13.8 Å². The van der Waals surface area contributed by atoms with E-state index in [1.807, 2.05) is 0 Å². The monoisotopic (exact) mass is 568 g/mol. The van der Waals surface area contributed by atoms with E-state index in [-0.39, 0.29) is 49.8 Å². The predicted octanol–water partition coefficient (Wildman–Crippen LogP) is 2.36. The number of rotatable bonds is 7. The summed E-state index contributed by atoms with van der Waals surface area (Å²) in [4.78, 5) is 37.5. The van der Waals surface area contributed by atoms with E-state index in [1.54, 1.807) is 21.0 Å². The van der Waals surface area contributed by atoms with Crippen LogP contribution in [0.2, 0.25) is 0 Å². The molecule has 11 heteroatoms. The Balaban J connectivity index is 1.60. The van der Waals surface area contributed by atoms with Gasteiger partial charge in [-0.05, 0) is 31.1 Å². The van der Waals surface area contributed by atoms with Crippen LogP contribution in [0.4, 0.5) is 0 Å². The van der Waals surface area contributed by atoms with E-state index >= 15 is 0 Å². The van der Waals surface area contributed by atoms with Gasteiger partial charge >= 0.3 is 17.9 Å². The molecule has 226 valence electrons. The molecule has 2 saturated carbocycles. The van der Waals surface area contributed by atoms with Crippen LogP contribution in [0.25, 0.3) is 0 Å². The van der Waals surface area contributed by atoms with Gasteiger partial charge in [0.2, 0.25) is 0 Å². The number of hydrogen-bond donors (Lipinski definition) is 1. The Bertz CT molecular complexity index is 996. The summed E-state index contributed by atoms with van der Waals surface area (Å²) in [5.41, 5.74) is -2.85. The third-order valence-corrected chi connectivity index (χ3v) is 10.6. The van der Waals surface area contributed by atoms with Gasteiger partial charge in [-0.2, -0.15) is 0 Å². The number of esters is 3. The number of aliphatic hydroxyl groups is 1. The van der Waals surface area contributed by atoms with E-state index < -0.39 is 64.9 Å². The quantitative estimate of drug-likeness (QED) is 0.275.